The van der Waals surface area contributed by atoms with Gasteiger partial charge in [0.05, 0.1) is 23.0 Å². The summed E-state index contributed by atoms with van der Waals surface area (Å²) in [6.07, 6.45) is 1.83. The maximum Gasteiger partial charge on any atom is 0.120 e. The van der Waals surface area contributed by atoms with Gasteiger partial charge in [-0.1, -0.05) is 22.0 Å². The largest absolute Gasteiger partial charge is 0.375 e. The van der Waals surface area contributed by atoms with E-state index in [1.54, 1.807) is 11.3 Å². The minimum atomic E-state index is 0.571. The van der Waals surface area contributed by atoms with E-state index in [0.29, 0.717) is 13.2 Å². The number of rotatable bonds is 3. The SMILES string of the molecule is CCOCc1nc2cnc3cccc(Br)c3c2s1. The molecule has 0 spiro atoms. The monoisotopic (exact) mass is 322 g/mol. The molecule has 3 rings (SSSR count). The molecule has 2 heterocycles. The van der Waals surface area contributed by atoms with E-state index >= 15 is 0 Å². The van der Waals surface area contributed by atoms with Crippen LogP contribution in [0.4, 0.5) is 0 Å². The second kappa shape index (κ2) is 4.91. The van der Waals surface area contributed by atoms with Gasteiger partial charge in [0, 0.05) is 16.5 Å². The number of ether oxygens (including phenoxy) is 1. The average Bonchev–Trinajstić information content (AvgIpc) is 2.79. The van der Waals surface area contributed by atoms with Gasteiger partial charge in [0.15, 0.2) is 0 Å². The molecule has 3 nitrogen and oxygen atoms in total. The first kappa shape index (κ1) is 12.0. The molecule has 1 aromatic carbocycles. The Labute approximate surface area is 117 Å². The molecule has 5 heteroatoms. The van der Waals surface area contributed by atoms with Crippen LogP contribution in [0.1, 0.15) is 11.9 Å². The summed E-state index contributed by atoms with van der Waals surface area (Å²) in [4.78, 5) is 8.99. The topological polar surface area (TPSA) is 35.0 Å². The van der Waals surface area contributed by atoms with E-state index in [1.165, 1.54) is 4.70 Å². The third-order valence-corrected chi connectivity index (χ3v) is 4.39. The molecule has 2 aromatic heterocycles. The van der Waals surface area contributed by atoms with E-state index in [1.807, 2.05) is 31.3 Å². The van der Waals surface area contributed by atoms with Gasteiger partial charge in [-0.15, -0.1) is 11.3 Å². The zero-order chi connectivity index (χ0) is 12.5. The lowest BCUT2D eigenvalue weighted by atomic mass is 10.2. The van der Waals surface area contributed by atoms with E-state index in [4.69, 9.17) is 4.74 Å². The number of halogens is 1. The lowest BCUT2D eigenvalue weighted by Crippen LogP contribution is -1.89. The molecule has 0 fully saturated rings. The van der Waals surface area contributed by atoms with Crippen LogP contribution in [0.5, 0.6) is 0 Å². The Bertz CT molecular complexity index is 711. The molecule has 0 atom stereocenters. The summed E-state index contributed by atoms with van der Waals surface area (Å²) in [5.41, 5.74) is 1.93. The number of benzene rings is 1. The standard InChI is InChI=1S/C13H11BrN2OS/c1-2-17-7-11-16-10-6-15-9-5-3-4-8(14)12(9)13(10)18-11/h3-6H,2,7H2,1H3. The van der Waals surface area contributed by atoms with Gasteiger partial charge >= 0.3 is 0 Å². The van der Waals surface area contributed by atoms with E-state index in [-0.39, 0.29) is 0 Å². The van der Waals surface area contributed by atoms with Gasteiger partial charge in [0.2, 0.25) is 0 Å². The summed E-state index contributed by atoms with van der Waals surface area (Å²) >= 11 is 5.26. The van der Waals surface area contributed by atoms with E-state index in [0.717, 1.165) is 25.9 Å². The minimum Gasteiger partial charge on any atom is -0.375 e. The Morgan fingerprint density at radius 2 is 2.22 bits per heavy atom. The van der Waals surface area contributed by atoms with Crippen molar-refractivity contribution in [1.82, 2.24) is 9.97 Å². The Balaban J connectivity index is 2.23. The van der Waals surface area contributed by atoms with Crippen molar-refractivity contribution in [1.29, 1.82) is 0 Å². The molecule has 92 valence electrons. The normalized spacial score (nSPS) is 11.4. The van der Waals surface area contributed by atoms with Gasteiger partial charge in [-0.3, -0.25) is 4.98 Å². The first-order valence-electron chi connectivity index (χ1n) is 5.70. The van der Waals surface area contributed by atoms with Crippen LogP contribution in [0, 0.1) is 0 Å². The molecule has 0 radical (unpaired) electrons. The molecule has 0 aliphatic rings. The summed E-state index contributed by atoms with van der Waals surface area (Å²) in [5, 5.41) is 2.13. The van der Waals surface area contributed by atoms with Crippen LogP contribution in [0.25, 0.3) is 21.1 Å². The molecule has 0 saturated carbocycles. The summed E-state index contributed by atoms with van der Waals surface area (Å²) in [6.45, 7) is 3.27. The number of fused-ring (bicyclic) bond motifs is 3. The van der Waals surface area contributed by atoms with Crippen molar-refractivity contribution in [2.45, 2.75) is 13.5 Å². The van der Waals surface area contributed by atoms with Crippen LogP contribution >= 0.6 is 27.3 Å². The van der Waals surface area contributed by atoms with Crippen molar-refractivity contribution >= 4 is 48.4 Å². The smallest absolute Gasteiger partial charge is 0.120 e. The van der Waals surface area contributed by atoms with Crippen LogP contribution in [0.15, 0.2) is 28.9 Å². The van der Waals surface area contributed by atoms with Gasteiger partial charge in [0.25, 0.3) is 0 Å². The van der Waals surface area contributed by atoms with E-state index < -0.39 is 0 Å². The Hall–Kier alpha value is -1.04. The third kappa shape index (κ3) is 2.02. The molecule has 0 N–H and O–H groups in total. The number of pyridine rings is 1. The second-order valence-corrected chi connectivity index (χ2v) is 5.79. The molecule has 3 aromatic rings. The molecular formula is C13H11BrN2OS. The predicted octanol–water partition coefficient (Wildman–Crippen LogP) is 4.14. The maximum atomic E-state index is 5.41. The quantitative estimate of drug-likeness (QED) is 0.726. The van der Waals surface area contributed by atoms with Gasteiger partial charge in [0.1, 0.15) is 10.5 Å². The van der Waals surface area contributed by atoms with Gasteiger partial charge in [-0.25, -0.2) is 4.98 Å². The number of hydrogen-bond donors (Lipinski definition) is 0. The van der Waals surface area contributed by atoms with Crippen LogP contribution in [-0.4, -0.2) is 16.6 Å². The van der Waals surface area contributed by atoms with Crippen molar-refractivity contribution < 1.29 is 4.74 Å². The van der Waals surface area contributed by atoms with E-state index in [2.05, 4.69) is 25.9 Å². The maximum absolute atomic E-state index is 5.41. The number of thiazole rings is 1. The van der Waals surface area contributed by atoms with Crippen molar-refractivity contribution in [3.05, 3.63) is 33.9 Å². The lowest BCUT2D eigenvalue weighted by Gasteiger charge is -1.99. The molecule has 18 heavy (non-hydrogen) atoms. The van der Waals surface area contributed by atoms with Gasteiger partial charge in [-0.2, -0.15) is 0 Å². The highest BCUT2D eigenvalue weighted by molar-refractivity contribution is 9.10. The summed E-state index contributed by atoms with van der Waals surface area (Å²) < 4.78 is 7.64. The molecule has 0 bridgehead atoms. The minimum absolute atomic E-state index is 0.571. The fourth-order valence-corrected chi connectivity index (χ4v) is 3.60. The zero-order valence-electron chi connectivity index (χ0n) is 9.81. The second-order valence-electron chi connectivity index (χ2n) is 3.85. The Kier molecular flexibility index (Phi) is 3.28. The Morgan fingerprint density at radius 3 is 3.06 bits per heavy atom. The van der Waals surface area contributed by atoms with Crippen molar-refractivity contribution in [3.8, 4) is 0 Å². The van der Waals surface area contributed by atoms with Crippen molar-refractivity contribution in [2.75, 3.05) is 6.61 Å². The van der Waals surface area contributed by atoms with E-state index in [9.17, 15) is 0 Å². The van der Waals surface area contributed by atoms with Crippen LogP contribution < -0.4 is 0 Å². The van der Waals surface area contributed by atoms with Gasteiger partial charge < -0.3 is 4.74 Å². The highest BCUT2D eigenvalue weighted by atomic mass is 79.9. The number of aromatic nitrogens is 2. The molecule has 0 amide bonds. The van der Waals surface area contributed by atoms with Crippen molar-refractivity contribution in [2.24, 2.45) is 0 Å². The van der Waals surface area contributed by atoms with Crippen LogP contribution in [0.2, 0.25) is 0 Å². The summed E-state index contributed by atoms with van der Waals surface area (Å²) in [5.74, 6) is 0. The van der Waals surface area contributed by atoms with Crippen LogP contribution in [0.3, 0.4) is 0 Å². The van der Waals surface area contributed by atoms with Crippen molar-refractivity contribution in [3.63, 3.8) is 0 Å². The van der Waals surface area contributed by atoms with Crippen LogP contribution in [-0.2, 0) is 11.3 Å². The fraction of sp³-hybridized carbons (Fsp3) is 0.231. The highest BCUT2D eigenvalue weighted by Gasteiger charge is 2.10. The summed E-state index contributed by atoms with van der Waals surface area (Å²) in [6, 6.07) is 6.04. The number of hydrogen-bond acceptors (Lipinski definition) is 4. The first-order chi connectivity index (χ1) is 8.79. The van der Waals surface area contributed by atoms with Gasteiger partial charge in [-0.05, 0) is 19.1 Å². The first-order valence-corrected chi connectivity index (χ1v) is 7.31. The average molecular weight is 323 g/mol. The number of nitrogens with zero attached hydrogens (tertiary/aromatic N) is 2. The third-order valence-electron chi connectivity index (χ3n) is 2.67. The molecule has 0 aliphatic heterocycles. The molecular weight excluding hydrogens is 312 g/mol. The summed E-state index contributed by atoms with van der Waals surface area (Å²) in [7, 11) is 0. The highest BCUT2D eigenvalue weighted by Crippen LogP contribution is 2.33. The lowest BCUT2D eigenvalue weighted by molar-refractivity contribution is 0.134. The predicted molar refractivity (Wildman–Crippen MR) is 78.0 cm³/mol. The Morgan fingerprint density at radius 1 is 1.33 bits per heavy atom. The molecule has 0 unspecified atom stereocenters. The molecule has 0 aliphatic carbocycles. The fourth-order valence-electron chi connectivity index (χ4n) is 1.87. The zero-order valence-corrected chi connectivity index (χ0v) is 12.2. The molecule has 0 saturated heterocycles.